The molecule has 1 N–H and O–H groups in total. The molecule has 1 aliphatic rings. The lowest BCUT2D eigenvalue weighted by Gasteiger charge is -2.26. The summed E-state index contributed by atoms with van der Waals surface area (Å²) in [6.45, 7) is 3.63. The van der Waals surface area contributed by atoms with Gasteiger partial charge in [-0.25, -0.2) is 0 Å². The van der Waals surface area contributed by atoms with Crippen LogP contribution < -0.4 is 5.32 Å². The number of carbonyl (C=O) groups excluding carboxylic acids is 2. The summed E-state index contributed by atoms with van der Waals surface area (Å²) in [4.78, 5) is 27.9. The fraction of sp³-hybridized carbons (Fsp3) is 0.364. The number of thioether (sulfide) groups is 2. The molecule has 2 aromatic carbocycles. The molecule has 28 heavy (non-hydrogen) atoms. The van der Waals surface area contributed by atoms with Gasteiger partial charge in [0.2, 0.25) is 11.8 Å². The fourth-order valence-corrected chi connectivity index (χ4v) is 4.73. The summed E-state index contributed by atoms with van der Waals surface area (Å²) in [6, 6.07) is 17.7. The van der Waals surface area contributed by atoms with E-state index >= 15 is 0 Å². The van der Waals surface area contributed by atoms with E-state index in [1.54, 1.807) is 11.8 Å². The lowest BCUT2D eigenvalue weighted by molar-refractivity contribution is -0.130. The van der Waals surface area contributed by atoms with Crippen molar-refractivity contribution in [3.05, 3.63) is 60.2 Å². The minimum Gasteiger partial charge on any atom is -0.341 e. The van der Waals surface area contributed by atoms with E-state index in [2.05, 4.69) is 17.4 Å². The molecule has 148 valence electrons. The van der Waals surface area contributed by atoms with E-state index in [-0.39, 0.29) is 17.7 Å². The van der Waals surface area contributed by atoms with Gasteiger partial charge >= 0.3 is 0 Å². The van der Waals surface area contributed by atoms with Gasteiger partial charge in [-0.15, -0.1) is 11.8 Å². The van der Waals surface area contributed by atoms with Gasteiger partial charge in [-0.1, -0.05) is 37.3 Å². The van der Waals surface area contributed by atoms with Crippen LogP contribution in [0.15, 0.2) is 59.5 Å². The first-order chi connectivity index (χ1) is 13.6. The van der Waals surface area contributed by atoms with Crippen LogP contribution in [0.25, 0.3) is 0 Å². The van der Waals surface area contributed by atoms with Gasteiger partial charge in [0.25, 0.3) is 0 Å². The van der Waals surface area contributed by atoms with Gasteiger partial charge in [0, 0.05) is 46.8 Å². The molecular formula is C22H26N2O2S2. The van der Waals surface area contributed by atoms with E-state index in [9.17, 15) is 9.59 Å². The third kappa shape index (κ3) is 6.31. The molecule has 1 saturated heterocycles. The van der Waals surface area contributed by atoms with E-state index in [1.807, 2.05) is 66.1 Å². The number of nitrogens with zero attached hydrogens (tertiary/aromatic N) is 1. The molecule has 3 rings (SSSR count). The molecule has 0 saturated carbocycles. The minimum absolute atomic E-state index is 0.0121. The third-order valence-corrected chi connectivity index (χ3v) is 6.85. The maximum Gasteiger partial charge on any atom is 0.228 e. The quantitative estimate of drug-likeness (QED) is 0.691. The van der Waals surface area contributed by atoms with Crippen LogP contribution in [-0.4, -0.2) is 47.1 Å². The summed E-state index contributed by atoms with van der Waals surface area (Å²) in [6.07, 6.45) is 0.420. The van der Waals surface area contributed by atoms with E-state index in [4.69, 9.17) is 0 Å². The first-order valence-electron chi connectivity index (χ1n) is 9.55. The van der Waals surface area contributed by atoms with E-state index in [0.717, 1.165) is 41.6 Å². The number of benzene rings is 2. The Morgan fingerprint density at radius 3 is 2.43 bits per heavy atom. The van der Waals surface area contributed by atoms with E-state index < -0.39 is 0 Å². The summed E-state index contributed by atoms with van der Waals surface area (Å²) in [7, 11) is 0. The molecule has 0 spiro atoms. The number of anilines is 1. The second kappa shape index (κ2) is 10.6. The standard InChI is InChI=1S/C22H26N2O2S2/c1-17(16-28-20-5-3-2-4-6-20)22(26)23-19-9-7-18(8-10-19)15-21(25)24-11-13-27-14-12-24/h2-10,17H,11-16H2,1H3,(H,23,26). The van der Waals surface area contributed by atoms with Crippen molar-refractivity contribution in [2.24, 2.45) is 5.92 Å². The zero-order valence-corrected chi connectivity index (χ0v) is 17.7. The van der Waals surface area contributed by atoms with Crippen molar-refractivity contribution in [3.8, 4) is 0 Å². The van der Waals surface area contributed by atoms with E-state index in [1.165, 1.54) is 4.90 Å². The highest BCUT2D eigenvalue weighted by atomic mass is 32.2. The third-order valence-electron chi connectivity index (χ3n) is 4.63. The van der Waals surface area contributed by atoms with Crippen molar-refractivity contribution in [2.75, 3.05) is 35.7 Å². The molecule has 2 aromatic rings. The zero-order chi connectivity index (χ0) is 19.8. The van der Waals surface area contributed by atoms with Crippen LogP contribution in [0.5, 0.6) is 0 Å². The van der Waals surface area contributed by atoms with Crippen molar-refractivity contribution in [1.29, 1.82) is 0 Å². The highest BCUT2D eigenvalue weighted by Crippen LogP contribution is 2.21. The molecule has 4 nitrogen and oxygen atoms in total. The Labute approximate surface area is 175 Å². The fourth-order valence-electron chi connectivity index (χ4n) is 2.88. The lowest BCUT2D eigenvalue weighted by atomic mass is 10.1. The van der Waals surface area contributed by atoms with Gasteiger partial charge in [-0.3, -0.25) is 9.59 Å². The molecule has 1 atom stereocenters. The average Bonchev–Trinajstić information content (AvgIpc) is 2.74. The molecule has 1 fully saturated rings. The number of rotatable bonds is 7. The van der Waals surface area contributed by atoms with Crippen LogP contribution in [0.4, 0.5) is 5.69 Å². The Morgan fingerprint density at radius 1 is 1.07 bits per heavy atom. The van der Waals surface area contributed by atoms with Crippen LogP contribution >= 0.6 is 23.5 Å². The summed E-state index contributed by atoms with van der Waals surface area (Å²) in [5.41, 5.74) is 1.75. The molecule has 0 aromatic heterocycles. The highest BCUT2D eigenvalue weighted by molar-refractivity contribution is 7.99. The first-order valence-corrected chi connectivity index (χ1v) is 11.7. The Balaban J connectivity index is 1.46. The summed E-state index contributed by atoms with van der Waals surface area (Å²) in [5.74, 6) is 2.89. The van der Waals surface area contributed by atoms with Gasteiger partial charge in [0.1, 0.15) is 0 Å². The normalized spacial score (nSPS) is 15.1. The van der Waals surface area contributed by atoms with Gasteiger partial charge in [0.15, 0.2) is 0 Å². The highest BCUT2D eigenvalue weighted by Gasteiger charge is 2.17. The lowest BCUT2D eigenvalue weighted by Crippen LogP contribution is -2.38. The van der Waals surface area contributed by atoms with Crippen LogP contribution in [-0.2, 0) is 16.0 Å². The summed E-state index contributed by atoms with van der Waals surface area (Å²) >= 11 is 3.58. The molecule has 0 aliphatic carbocycles. The molecule has 1 unspecified atom stereocenters. The molecule has 2 amide bonds. The van der Waals surface area contributed by atoms with Crippen molar-refractivity contribution in [2.45, 2.75) is 18.2 Å². The van der Waals surface area contributed by atoms with Crippen molar-refractivity contribution < 1.29 is 9.59 Å². The van der Waals surface area contributed by atoms with Gasteiger partial charge in [-0.2, -0.15) is 11.8 Å². The average molecular weight is 415 g/mol. The number of hydrogen-bond donors (Lipinski definition) is 1. The van der Waals surface area contributed by atoms with Gasteiger partial charge < -0.3 is 10.2 Å². The Morgan fingerprint density at radius 2 is 1.75 bits per heavy atom. The first kappa shape index (κ1) is 20.8. The topological polar surface area (TPSA) is 49.4 Å². The largest absolute Gasteiger partial charge is 0.341 e. The number of nitrogens with one attached hydrogen (secondary N) is 1. The SMILES string of the molecule is CC(CSc1ccccc1)C(=O)Nc1ccc(CC(=O)N2CCSCC2)cc1. The van der Waals surface area contributed by atoms with Gasteiger partial charge in [0.05, 0.1) is 6.42 Å². The smallest absolute Gasteiger partial charge is 0.228 e. The number of amides is 2. The molecular weight excluding hydrogens is 388 g/mol. The monoisotopic (exact) mass is 414 g/mol. The molecule has 0 radical (unpaired) electrons. The molecule has 6 heteroatoms. The van der Waals surface area contributed by atoms with Crippen LogP contribution in [0.3, 0.4) is 0 Å². The predicted octanol–water partition coefficient (Wildman–Crippen LogP) is 4.17. The predicted molar refractivity (Wildman–Crippen MR) is 119 cm³/mol. The molecule has 1 aliphatic heterocycles. The molecule has 1 heterocycles. The van der Waals surface area contributed by atoms with Crippen molar-refractivity contribution in [1.82, 2.24) is 4.90 Å². The second-order valence-electron chi connectivity index (χ2n) is 6.88. The maximum absolute atomic E-state index is 12.4. The summed E-state index contributed by atoms with van der Waals surface area (Å²) < 4.78 is 0. The number of carbonyl (C=O) groups is 2. The van der Waals surface area contributed by atoms with Crippen LogP contribution in [0.2, 0.25) is 0 Å². The Kier molecular flexibility index (Phi) is 7.86. The Bertz CT molecular complexity index is 775. The van der Waals surface area contributed by atoms with Crippen molar-refractivity contribution >= 4 is 41.0 Å². The van der Waals surface area contributed by atoms with E-state index in [0.29, 0.717) is 6.42 Å². The Hall–Kier alpha value is -1.92. The maximum atomic E-state index is 12.4. The van der Waals surface area contributed by atoms with Crippen LogP contribution in [0, 0.1) is 5.92 Å². The summed E-state index contributed by atoms with van der Waals surface area (Å²) in [5, 5.41) is 2.97. The molecule has 0 bridgehead atoms. The van der Waals surface area contributed by atoms with Gasteiger partial charge in [-0.05, 0) is 29.8 Å². The minimum atomic E-state index is -0.0940. The van der Waals surface area contributed by atoms with Crippen molar-refractivity contribution in [3.63, 3.8) is 0 Å². The van der Waals surface area contributed by atoms with Crippen LogP contribution in [0.1, 0.15) is 12.5 Å². The zero-order valence-electron chi connectivity index (χ0n) is 16.1. The number of hydrogen-bond acceptors (Lipinski definition) is 4. The second-order valence-corrected chi connectivity index (χ2v) is 9.20.